The molecule has 0 saturated heterocycles. The Kier molecular flexibility index (Phi) is 3.71. The molecule has 5 heteroatoms. The van der Waals surface area contributed by atoms with Crippen LogP contribution in [0.1, 0.15) is 22.3 Å². The van der Waals surface area contributed by atoms with E-state index >= 15 is 0 Å². The highest BCUT2D eigenvalue weighted by atomic mass is 35.5. The van der Waals surface area contributed by atoms with E-state index < -0.39 is 0 Å². The average Bonchev–Trinajstić information content (AvgIpc) is 2.70. The number of benzene rings is 2. The summed E-state index contributed by atoms with van der Waals surface area (Å²) in [5, 5.41) is 0.340. The van der Waals surface area contributed by atoms with Crippen molar-refractivity contribution in [2.45, 2.75) is 6.42 Å². The molecule has 21 heavy (non-hydrogen) atoms. The van der Waals surface area contributed by atoms with E-state index in [4.69, 9.17) is 26.8 Å². The number of anilines is 1. The quantitative estimate of drug-likeness (QED) is 0.683. The highest BCUT2D eigenvalue weighted by molar-refractivity contribution is 6.35. The minimum Gasteiger partial charge on any atom is -0.490 e. The number of rotatable bonds is 2. The molecule has 0 saturated carbocycles. The van der Waals surface area contributed by atoms with Crippen LogP contribution in [0.2, 0.25) is 5.02 Å². The third-order valence-corrected chi connectivity index (χ3v) is 3.54. The van der Waals surface area contributed by atoms with Gasteiger partial charge in [-0.3, -0.25) is 4.79 Å². The predicted molar refractivity (Wildman–Crippen MR) is 81.3 cm³/mol. The number of ketones is 1. The first-order valence-electron chi connectivity index (χ1n) is 6.64. The van der Waals surface area contributed by atoms with Crippen LogP contribution < -0.4 is 15.2 Å². The molecule has 0 amide bonds. The number of halogens is 1. The Morgan fingerprint density at radius 1 is 1.10 bits per heavy atom. The van der Waals surface area contributed by atoms with Crippen molar-refractivity contribution < 1.29 is 14.3 Å². The second-order valence-corrected chi connectivity index (χ2v) is 5.19. The molecule has 2 aromatic carbocycles. The molecular weight excluding hydrogens is 290 g/mol. The van der Waals surface area contributed by atoms with Crippen LogP contribution in [0.5, 0.6) is 11.5 Å². The van der Waals surface area contributed by atoms with Crippen LogP contribution in [0.4, 0.5) is 5.69 Å². The number of carbonyl (C=O) groups is 1. The SMILES string of the molecule is Nc1cccc(C(=O)c2cc3c(cc2Cl)OCCCO3)c1. The molecule has 0 bridgehead atoms. The molecule has 1 aliphatic rings. The molecule has 2 aromatic rings. The van der Waals surface area contributed by atoms with E-state index in [9.17, 15) is 4.79 Å². The van der Waals surface area contributed by atoms with Gasteiger partial charge in [0.25, 0.3) is 0 Å². The van der Waals surface area contributed by atoms with Gasteiger partial charge in [0.15, 0.2) is 17.3 Å². The molecule has 0 fully saturated rings. The average molecular weight is 304 g/mol. The molecule has 1 aliphatic heterocycles. The third kappa shape index (κ3) is 2.81. The summed E-state index contributed by atoms with van der Waals surface area (Å²) in [7, 11) is 0. The van der Waals surface area contributed by atoms with E-state index in [1.807, 2.05) is 0 Å². The number of carbonyl (C=O) groups excluding carboxylic acids is 1. The zero-order valence-electron chi connectivity index (χ0n) is 11.3. The van der Waals surface area contributed by atoms with Crippen molar-refractivity contribution >= 4 is 23.1 Å². The summed E-state index contributed by atoms with van der Waals surface area (Å²) >= 11 is 6.21. The molecule has 0 aromatic heterocycles. The highest BCUT2D eigenvalue weighted by Gasteiger charge is 2.19. The third-order valence-electron chi connectivity index (χ3n) is 3.23. The Morgan fingerprint density at radius 2 is 1.81 bits per heavy atom. The zero-order chi connectivity index (χ0) is 14.8. The molecule has 4 nitrogen and oxygen atoms in total. The lowest BCUT2D eigenvalue weighted by molar-refractivity contribution is 0.103. The van der Waals surface area contributed by atoms with Gasteiger partial charge in [0.05, 0.1) is 18.2 Å². The summed E-state index contributed by atoms with van der Waals surface area (Å²) in [5.74, 6) is 0.925. The van der Waals surface area contributed by atoms with Crippen LogP contribution in [0.3, 0.4) is 0 Å². The summed E-state index contributed by atoms with van der Waals surface area (Å²) in [6.07, 6.45) is 0.796. The normalized spacial score (nSPS) is 13.6. The summed E-state index contributed by atoms with van der Waals surface area (Å²) in [6, 6.07) is 10.1. The van der Waals surface area contributed by atoms with E-state index in [-0.39, 0.29) is 5.78 Å². The first-order valence-corrected chi connectivity index (χ1v) is 7.02. The Hall–Kier alpha value is -2.20. The minimum absolute atomic E-state index is 0.192. The number of hydrogen-bond donors (Lipinski definition) is 1. The lowest BCUT2D eigenvalue weighted by Gasteiger charge is -2.11. The fourth-order valence-corrected chi connectivity index (χ4v) is 2.43. The molecule has 0 spiro atoms. The predicted octanol–water partition coefficient (Wildman–Crippen LogP) is 3.31. The fraction of sp³-hybridized carbons (Fsp3) is 0.188. The molecule has 0 unspecified atom stereocenters. The van der Waals surface area contributed by atoms with Crippen molar-refractivity contribution in [2.24, 2.45) is 0 Å². The van der Waals surface area contributed by atoms with Gasteiger partial charge >= 0.3 is 0 Å². The van der Waals surface area contributed by atoms with Gasteiger partial charge in [0, 0.05) is 29.3 Å². The van der Waals surface area contributed by atoms with Gasteiger partial charge in [-0.05, 0) is 18.2 Å². The van der Waals surface area contributed by atoms with Gasteiger partial charge in [0.2, 0.25) is 0 Å². The summed E-state index contributed by atoms with van der Waals surface area (Å²) in [5.41, 5.74) is 7.12. The van der Waals surface area contributed by atoms with Gasteiger partial charge in [0.1, 0.15) is 0 Å². The molecule has 2 N–H and O–H groups in total. The van der Waals surface area contributed by atoms with Crippen molar-refractivity contribution in [2.75, 3.05) is 18.9 Å². The van der Waals surface area contributed by atoms with Crippen LogP contribution >= 0.6 is 11.6 Å². The Labute approximate surface area is 127 Å². The topological polar surface area (TPSA) is 61.6 Å². The monoisotopic (exact) mass is 303 g/mol. The maximum Gasteiger partial charge on any atom is 0.194 e. The van der Waals surface area contributed by atoms with Crippen LogP contribution in [0.25, 0.3) is 0 Å². The van der Waals surface area contributed by atoms with Gasteiger partial charge in [-0.2, -0.15) is 0 Å². The van der Waals surface area contributed by atoms with Crippen molar-refractivity contribution in [1.29, 1.82) is 0 Å². The maximum atomic E-state index is 12.6. The van der Waals surface area contributed by atoms with E-state index in [0.717, 1.165) is 6.42 Å². The van der Waals surface area contributed by atoms with Gasteiger partial charge in [-0.1, -0.05) is 23.7 Å². The van der Waals surface area contributed by atoms with E-state index in [1.165, 1.54) is 0 Å². The lowest BCUT2D eigenvalue weighted by Crippen LogP contribution is -2.04. The van der Waals surface area contributed by atoms with Gasteiger partial charge < -0.3 is 15.2 Å². The Balaban J connectivity index is 2.02. The van der Waals surface area contributed by atoms with E-state index in [2.05, 4.69) is 0 Å². The lowest BCUT2D eigenvalue weighted by atomic mass is 10.0. The van der Waals surface area contributed by atoms with Crippen LogP contribution in [0, 0.1) is 0 Å². The maximum absolute atomic E-state index is 12.6. The molecule has 0 atom stereocenters. The van der Waals surface area contributed by atoms with E-state index in [1.54, 1.807) is 36.4 Å². The van der Waals surface area contributed by atoms with Crippen LogP contribution in [-0.4, -0.2) is 19.0 Å². The molecular formula is C16H14ClNO3. The van der Waals surface area contributed by atoms with Crippen LogP contribution in [0.15, 0.2) is 36.4 Å². The Bertz CT molecular complexity index is 700. The summed E-state index contributed by atoms with van der Waals surface area (Å²) in [4.78, 5) is 12.6. The second kappa shape index (κ2) is 5.66. The molecule has 0 radical (unpaired) electrons. The first-order chi connectivity index (χ1) is 10.1. The van der Waals surface area contributed by atoms with Crippen LogP contribution in [-0.2, 0) is 0 Å². The number of ether oxygens (including phenoxy) is 2. The molecule has 0 aliphatic carbocycles. The van der Waals surface area contributed by atoms with Crippen molar-refractivity contribution in [3.05, 3.63) is 52.5 Å². The first kappa shape index (κ1) is 13.8. The second-order valence-electron chi connectivity index (χ2n) is 4.78. The van der Waals surface area contributed by atoms with Crippen molar-refractivity contribution in [3.8, 4) is 11.5 Å². The Morgan fingerprint density at radius 3 is 2.52 bits per heavy atom. The molecule has 3 rings (SSSR count). The smallest absolute Gasteiger partial charge is 0.194 e. The fourth-order valence-electron chi connectivity index (χ4n) is 2.19. The summed E-state index contributed by atoms with van der Waals surface area (Å²) in [6.45, 7) is 1.13. The number of fused-ring (bicyclic) bond motifs is 1. The van der Waals surface area contributed by atoms with Gasteiger partial charge in [-0.15, -0.1) is 0 Å². The van der Waals surface area contributed by atoms with Crippen molar-refractivity contribution in [1.82, 2.24) is 0 Å². The summed E-state index contributed by atoms with van der Waals surface area (Å²) < 4.78 is 11.1. The number of hydrogen-bond acceptors (Lipinski definition) is 4. The standard InChI is InChI=1S/C16H14ClNO3/c17-13-9-15-14(20-5-2-6-21-15)8-12(13)16(19)10-3-1-4-11(18)7-10/h1,3-4,7-9H,2,5-6,18H2. The zero-order valence-corrected chi connectivity index (χ0v) is 12.0. The molecule has 1 heterocycles. The van der Waals surface area contributed by atoms with E-state index in [0.29, 0.717) is 46.5 Å². The minimum atomic E-state index is -0.192. The highest BCUT2D eigenvalue weighted by Crippen LogP contribution is 2.36. The van der Waals surface area contributed by atoms with Gasteiger partial charge in [-0.25, -0.2) is 0 Å². The number of nitrogens with two attached hydrogens (primary N) is 1. The van der Waals surface area contributed by atoms with Crippen molar-refractivity contribution in [3.63, 3.8) is 0 Å². The largest absolute Gasteiger partial charge is 0.490 e. The molecule has 108 valence electrons. The number of nitrogen functional groups attached to an aromatic ring is 1.